The first kappa shape index (κ1) is 10.4. The molecule has 0 radical (unpaired) electrons. The van der Waals surface area contributed by atoms with Crippen LogP contribution in [-0.2, 0) is 11.3 Å². The minimum atomic E-state index is -0.437. The van der Waals surface area contributed by atoms with Gasteiger partial charge in [0.1, 0.15) is 6.10 Å². The Kier molecular flexibility index (Phi) is 3.18. The Morgan fingerprint density at radius 3 is 3.07 bits per heavy atom. The molecule has 1 aromatic rings. The molecule has 0 aromatic heterocycles. The molecule has 4 heteroatoms. The molecule has 0 saturated carbocycles. The third-order valence-electron chi connectivity index (χ3n) is 2.39. The molecule has 1 aliphatic heterocycles. The summed E-state index contributed by atoms with van der Waals surface area (Å²) in [4.78, 5) is 0. The molecule has 2 rings (SSSR count). The summed E-state index contributed by atoms with van der Waals surface area (Å²) in [6.45, 7) is 0.910. The molecular formula is C11H13FO3. The van der Waals surface area contributed by atoms with Gasteiger partial charge in [-0.25, -0.2) is 4.39 Å². The molecule has 1 aromatic carbocycles. The minimum Gasteiger partial charge on any atom is -0.484 e. The van der Waals surface area contributed by atoms with Crippen LogP contribution in [0.3, 0.4) is 0 Å². The van der Waals surface area contributed by atoms with E-state index >= 15 is 0 Å². The monoisotopic (exact) mass is 212 g/mol. The molecule has 1 aliphatic rings. The lowest BCUT2D eigenvalue weighted by Crippen LogP contribution is -2.17. The summed E-state index contributed by atoms with van der Waals surface area (Å²) in [5, 5.41) is 9.04. The second-order valence-corrected chi connectivity index (χ2v) is 3.49. The van der Waals surface area contributed by atoms with E-state index in [1.54, 1.807) is 12.1 Å². The molecule has 1 fully saturated rings. The van der Waals surface area contributed by atoms with Gasteiger partial charge < -0.3 is 14.6 Å². The highest BCUT2D eigenvalue weighted by Crippen LogP contribution is 2.25. The van der Waals surface area contributed by atoms with Gasteiger partial charge in [-0.2, -0.15) is 0 Å². The number of rotatable bonds is 3. The lowest BCUT2D eigenvalue weighted by molar-refractivity contribution is 0.135. The van der Waals surface area contributed by atoms with Crippen molar-refractivity contribution in [1.82, 2.24) is 0 Å². The van der Waals surface area contributed by atoms with E-state index in [9.17, 15) is 4.39 Å². The van der Waals surface area contributed by atoms with E-state index in [2.05, 4.69) is 0 Å². The fourth-order valence-corrected chi connectivity index (χ4v) is 1.58. The van der Waals surface area contributed by atoms with Crippen LogP contribution in [0.2, 0.25) is 0 Å². The third-order valence-corrected chi connectivity index (χ3v) is 2.39. The second-order valence-electron chi connectivity index (χ2n) is 3.49. The smallest absolute Gasteiger partial charge is 0.165 e. The van der Waals surface area contributed by atoms with Gasteiger partial charge in [0.05, 0.1) is 19.8 Å². The average molecular weight is 212 g/mol. The van der Waals surface area contributed by atoms with Gasteiger partial charge >= 0.3 is 0 Å². The first-order chi connectivity index (χ1) is 7.31. The molecule has 1 unspecified atom stereocenters. The van der Waals surface area contributed by atoms with Gasteiger partial charge in [-0.1, -0.05) is 12.1 Å². The molecular weight excluding hydrogens is 199 g/mol. The number of hydrogen-bond donors (Lipinski definition) is 1. The van der Waals surface area contributed by atoms with Crippen LogP contribution >= 0.6 is 0 Å². The van der Waals surface area contributed by atoms with Gasteiger partial charge in [0, 0.05) is 12.0 Å². The molecule has 1 N–H and O–H groups in total. The SMILES string of the molecule is OCc1cccc(F)c1OC1CCOC1. The Hall–Kier alpha value is -1.13. The van der Waals surface area contributed by atoms with Gasteiger partial charge in [-0.05, 0) is 6.07 Å². The molecule has 82 valence electrons. The lowest BCUT2D eigenvalue weighted by atomic mass is 10.2. The van der Waals surface area contributed by atoms with Crippen LogP contribution < -0.4 is 4.74 Å². The number of para-hydroxylation sites is 1. The van der Waals surface area contributed by atoms with E-state index in [4.69, 9.17) is 14.6 Å². The van der Waals surface area contributed by atoms with Gasteiger partial charge in [-0.15, -0.1) is 0 Å². The van der Waals surface area contributed by atoms with Gasteiger partial charge in [0.2, 0.25) is 0 Å². The molecule has 0 bridgehead atoms. The van der Waals surface area contributed by atoms with E-state index in [0.717, 1.165) is 6.42 Å². The Morgan fingerprint density at radius 2 is 2.40 bits per heavy atom. The zero-order valence-corrected chi connectivity index (χ0v) is 8.28. The molecule has 0 aliphatic carbocycles. The van der Waals surface area contributed by atoms with Crippen LogP contribution in [0.4, 0.5) is 4.39 Å². The largest absolute Gasteiger partial charge is 0.484 e. The molecule has 3 nitrogen and oxygen atoms in total. The van der Waals surface area contributed by atoms with Crippen molar-refractivity contribution in [3.63, 3.8) is 0 Å². The summed E-state index contributed by atoms with van der Waals surface area (Å²) in [6.07, 6.45) is 0.659. The minimum absolute atomic E-state index is 0.104. The highest BCUT2D eigenvalue weighted by Gasteiger charge is 2.20. The maximum absolute atomic E-state index is 13.4. The van der Waals surface area contributed by atoms with E-state index in [0.29, 0.717) is 18.8 Å². The maximum Gasteiger partial charge on any atom is 0.165 e. The van der Waals surface area contributed by atoms with Crippen molar-refractivity contribution in [2.24, 2.45) is 0 Å². The van der Waals surface area contributed by atoms with Crippen LogP contribution in [0.15, 0.2) is 18.2 Å². The number of aliphatic hydroxyl groups excluding tert-OH is 1. The molecule has 1 atom stereocenters. The second kappa shape index (κ2) is 4.59. The predicted molar refractivity (Wildman–Crippen MR) is 52.2 cm³/mol. The number of hydrogen-bond acceptors (Lipinski definition) is 3. The highest BCUT2D eigenvalue weighted by molar-refractivity contribution is 5.34. The van der Waals surface area contributed by atoms with Crippen LogP contribution in [0.1, 0.15) is 12.0 Å². The Bertz CT molecular complexity index is 335. The van der Waals surface area contributed by atoms with Crippen molar-refractivity contribution in [2.45, 2.75) is 19.1 Å². The van der Waals surface area contributed by atoms with E-state index < -0.39 is 5.82 Å². The summed E-state index contributed by atoms with van der Waals surface area (Å²) >= 11 is 0. The van der Waals surface area contributed by atoms with E-state index in [1.807, 2.05) is 0 Å². The fraction of sp³-hybridized carbons (Fsp3) is 0.455. The van der Waals surface area contributed by atoms with Crippen LogP contribution in [-0.4, -0.2) is 24.4 Å². The van der Waals surface area contributed by atoms with Gasteiger partial charge in [-0.3, -0.25) is 0 Å². The zero-order valence-electron chi connectivity index (χ0n) is 8.28. The first-order valence-electron chi connectivity index (χ1n) is 4.94. The number of ether oxygens (including phenoxy) is 2. The third kappa shape index (κ3) is 2.27. The van der Waals surface area contributed by atoms with Gasteiger partial charge in [0.25, 0.3) is 0 Å². The fourth-order valence-electron chi connectivity index (χ4n) is 1.58. The van der Waals surface area contributed by atoms with Gasteiger partial charge in [0.15, 0.2) is 11.6 Å². The predicted octanol–water partition coefficient (Wildman–Crippen LogP) is 1.49. The van der Waals surface area contributed by atoms with Crippen molar-refractivity contribution < 1.29 is 19.0 Å². The molecule has 0 amide bonds. The topological polar surface area (TPSA) is 38.7 Å². The Morgan fingerprint density at radius 1 is 1.53 bits per heavy atom. The quantitative estimate of drug-likeness (QED) is 0.824. The van der Waals surface area contributed by atoms with Crippen molar-refractivity contribution >= 4 is 0 Å². The van der Waals surface area contributed by atoms with Crippen molar-refractivity contribution in [3.8, 4) is 5.75 Å². The highest BCUT2D eigenvalue weighted by atomic mass is 19.1. The summed E-state index contributed by atoms with van der Waals surface area (Å²) < 4.78 is 24.0. The number of aliphatic hydroxyl groups is 1. The number of benzene rings is 1. The van der Waals surface area contributed by atoms with Crippen molar-refractivity contribution in [3.05, 3.63) is 29.6 Å². The zero-order chi connectivity index (χ0) is 10.7. The average Bonchev–Trinajstić information content (AvgIpc) is 2.74. The van der Waals surface area contributed by atoms with Crippen LogP contribution in [0, 0.1) is 5.82 Å². The normalized spacial score (nSPS) is 20.5. The van der Waals surface area contributed by atoms with E-state index in [-0.39, 0.29) is 18.5 Å². The molecule has 0 spiro atoms. The molecule has 1 heterocycles. The molecule has 1 saturated heterocycles. The first-order valence-corrected chi connectivity index (χ1v) is 4.94. The Labute approximate surface area is 87.4 Å². The summed E-state index contributed by atoms with van der Waals surface area (Å²) in [5.74, 6) is -0.288. The standard InChI is InChI=1S/C11H13FO3/c12-10-3-1-2-8(6-13)11(10)15-9-4-5-14-7-9/h1-3,9,13H,4-7H2. The summed E-state index contributed by atoms with van der Waals surface area (Å²) in [6, 6.07) is 4.53. The lowest BCUT2D eigenvalue weighted by Gasteiger charge is -2.15. The number of halogens is 1. The summed E-state index contributed by atoms with van der Waals surface area (Å²) in [5.41, 5.74) is 0.474. The van der Waals surface area contributed by atoms with Crippen LogP contribution in [0.5, 0.6) is 5.75 Å². The Balaban J connectivity index is 2.17. The molecule has 15 heavy (non-hydrogen) atoms. The van der Waals surface area contributed by atoms with E-state index in [1.165, 1.54) is 6.07 Å². The van der Waals surface area contributed by atoms with Crippen LogP contribution in [0.25, 0.3) is 0 Å². The summed E-state index contributed by atoms with van der Waals surface area (Å²) in [7, 11) is 0. The van der Waals surface area contributed by atoms with Crippen molar-refractivity contribution in [2.75, 3.05) is 13.2 Å². The van der Waals surface area contributed by atoms with Crippen molar-refractivity contribution in [1.29, 1.82) is 0 Å². The maximum atomic E-state index is 13.4.